The number of amides is 2. The summed E-state index contributed by atoms with van der Waals surface area (Å²) >= 11 is 5.97. The molecule has 0 aliphatic rings. The second-order valence-electron chi connectivity index (χ2n) is 5.42. The van der Waals surface area contributed by atoms with Crippen molar-refractivity contribution in [2.24, 2.45) is 0 Å². The van der Waals surface area contributed by atoms with Crippen molar-refractivity contribution in [2.45, 2.75) is 13.5 Å². The van der Waals surface area contributed by atoms with E-state index in [4.69, 9.17) is 16.3 Å². The summed E-state index contributed by atoms with van der Waals surface area (Å²) in [4.78, 5) is 24.7. The summed E-state index contributed by atoms with van der Waals surface area (Å²) in [7, 11) is 1.54. The van der Waals surface area contributed by atoms with E-state index in [1.807, 2.05) is 0 Å². The van der Waals surface area contributed by atoms with Gasteiger partial charge in [-0.05, 0) is 24.3 Å². The molecule has 0 aliphatic carbocycles. The normalized spacial score (nSPS) is 10.2. The average molecular weight is 365 g/mol. The van der Waals surface area contributed by atoms with Crippen LogP contribution in [0.25, 0.3) is 0 Å². The predicted octanol–water partition coefficient (Wildman–Crippen LogP) is 3.47. The van der Waals surface area contributed by atoms with Gasteiger partial charge in [-0.15, -0.1) is 0 Å². The summed E-state index contributed by atoms with van der Waals surface area (Å²) in [5.74, 6) is -0.682. The fourth-order valence-corrected chi connectivity index (χ4v) is 2.37. The van der Waals surface area contributed by atoms with Gasteiger partial charge in [0.05, 0.1) is 5.69 Å². The van der Waals surface area contributed by atoms with Crippen LogP contribution in [-0.4, -0.2) is 30.4 Å². The van der Waals surface area contributed by atoms with Gasteiger partial charge in [-0.25, -0.2) is 4.39 Å². The molecule has 7 heteroatoms. The Morgan fingerprint density at radius 3 is 2.60 bits per heavy atom. The van der Waals surface area contributed by atoms with Crippen LogP contribution in [0.15, 0.2) is 42.5 Å². The molecule has 0 radical (unpaired) electrons. The van der Waals surface area contributed by atoms with E-state index in [9.17, 15) is 14.0 Å². The maximum Gasteiger partial charge on any atom is 0.260 e. The van der Waals surface area contributed by atoms with E-state index in [0.29, 0.717) is 11.4 Å². The molecule has 0 heterocycles. The molecule has 0 spiro atoms. The molecule has 0 saturated carbocycles. The first-order valence-corrected chi connectivity index (χ1v) is 7.92. The van der Waals surface area contributed by atoms with Gasteiger partial charge in [0.25, 0.3) is 5.91 Å². The molecule has 1 N–H and O–H groups in total. The molecule has 0 fully saturated rings. The van der Waals surface area contributed by atoms with Gasteiger partial charge in [0.1, 0.15) is 11.6 Å². The molecule has 0 aliphatic heterocycles. The minimum absolute atomic E-state index is 0.0288. The number of anilines is 1. The van der Waals surface area contributed by atoms with Crippen molar-refractivity contribution in [1.82, 2.24) is 4.90 Å². The summed E-state index contributed by atoms with van der Waals surface area (Å²) in [6.45, 7) is 1.16. The molecular weight excluding hydrogens is 347 g/mol. The van der Waals surface area contributed by atoms with Gasteiger partial charge < -0.3 is 15.0 Å². The Kier molecular flexibility index (Phi) is 6.36. The number of carbonyl (C=O) groups is 2. The minimum atomic E-state index is -0.468. The zero-order chi connectivity index (χ0) is 18.4. The van der Waals surface area contributed by atoms with E-state index in [0.717, 1.165) is 0 Å². The van der Waals surface area contributed by atoms with Crippen molar-refractivity contribution in [2.75, 3.05) is 19.0 Å². The first-order chi connectivity index (χ1) is 11.9. The van der Waals surface area contributed by atoms with Crippen molar-refractivity contribution in [3.8, 4) is 5.75 Å². The number of hydrogen-bond acceptors (Lipinski definition) is 3. The van der Waals surface area contributed by atoms with E-state index < -0.39 is 5.82 Å². The average Bonchev–Trinajstić information content (AvgIpc) is 2.56. The lowest BCUT2D eigenvalue weighted by Crippen LogP contribution is -2.31. The molecule has 2 rings (SSSR count). The molecule has 0 bridgehead atoms. The highest BCUT2D eigenvalue weighted by Gasteiger charge is 2.15. The van der Waals surface area contributed by atoms with Crippen molar-refractivity contribution in [1.29, 1.82) is 0 Å². The summed E-state index contributed by atoms with van der Waals surface area (Å²) in [6.07, 6.45) is 0. The summed E-state index contributed by atoms with van der Waals surface area (Å²) in [5.41, 5.74) is 0.723. The number of carbonyl (C=O) groups excluding carboxylic acids is 2. The third kappa shape index (κ3) is 5.19. The summed E-state index contributed by atoms with van der Waals surface area (Å²) in [5, 5.41) is 2.89. The smallest absolute Gasteiger partial charge is 0.260 e. The first kappa shape index (κ1) is 18.7. The Balaban J connectivity index is 2.00. The van der Waals surface area contributed by atoms with E-state index in [1.165, 1.54) is 31.0 Å². The molecule has 2 amide bonds. The predicted molar refractivity (Wildman–Crippen MR) is 94.1 cm³/mol. The van der Waals surface area contributed by atoms with Gasteiger partial charge in [-0.1, -0.05) is 29.8 Å². The van der Waals surface area contributed by atoms with E-state index in [1.54, 1.807) is 30.3 Å². The van der Waals surface area contributed by atoms with Gasteiger partial charge in [-0.2, -0.15) is 0 Å². The number of rotatable bonds is 6. The highest BCUT2D eigenvalue weighted by Crippen LogP contribution is 2.24. The molecule has 2 aromatic rings. The second kappa shape index (κ2) is 8.48. The van der Waals surface area contributed by atoms with Crippen molar-refractivity contribution in [3.63, 3.8) is 0 Å². The largest absolute Gasteiger partial charge is 0.482 e. The van der Waals surface area contributed by atoms with Crippen LogP contribution in [0.5, 0.6) is 5.75 Å². The number of ether oxygens (including phenoxy) is 1. The number of para-hydroxylation sites is 2. The first-order valence-electron chi connectivity index (χ1n) is 7.54. The fourth-order valence-electron chi connectivity index (χ4n) is 2.14. The van der Waals surface area contributed by atoms with Crippen LogP contribution < -0.4 is 10.1 Å². The van der Waals surface area contributed by atoms with Crippen LogP contribution >= 0.6 is 11.6 Å². The Labute approximate surface area is 150 Å². The molecule has 25 heavy (non-hydrogen) atoms. The molecule has 0 aromatic heterocycles. The summed E-state index contributed by atoms with van der Waals surface area (Å²) < 4.78 is 19.3. The highest BCUT2D eigenvalue weighted by atomic mass is 35.5. The lowest BCUT2D eigenvalue weighted by Gasteiger charge is -2.19. The molecule has 0 atom stereocenters. The van der Waals surface area contributed by atoms with Crippen molar-refractivity contribution < 1.29 is 18.7 Å². The van der Waals surface area contributed by atoms with Gasteiger partial charge in [-0.3, -0.25) is 9.59 Å². The molecular formula is C18H18ClFN2O3. The Hall–Kier alpha value is -2.60. The van der Waals surface area contributed by atoms with E-state index >= 15 is 0 Å². The third-order valence-corrected chi connectivity index (χ3v) is 3.79. The van der Waals surface area contributed by atoms with Gasteiger partial charge >= 0.3 is 0 Å². The van der Waals surface area contributed by atoms with Gasteiger partial charge in [0, 0.05) is 31.1 Å². The van der Waals surface area contributed by atoms with Crippen molar-refractivity contribution >= 4 is 29.1 Å². The van der Waals surface area contributed by atoms with Gasteiger partial charge in [0.15, 0.2) is 6.61 Å². The van der Waals surface area contributed by atoms with Crippen LogP contribution in [0.1, 0.15) is 12.5 Å². The number of benzene rings is 2. The molecule has 5 nitrogen and oxygen atoms in total. The fraction of sp³-hybridized carbons (Fsp3) is 0.222. The van der Waals surface area contributed by atoms with Crippen LogP contribution in [0.4, 0.5) is 10.1 Å². The van der Waals surface area contributed by atoms with Crippen LogP contribution in [0, 0.1) is 5.82 Å². The molecule has 132 valence electrons. The SMILES string of the molecule is CC(=O)Nc1ccccc1OCC(=O)N(C)Cc1c(F)cccc1Cl. The topological polar surface area (TPSA) is 58.6 Å². The quantitative estimate of drug-likeness (QED) is 0.853. The highest BCUT2D eigenvalue weighted by molar-refractivity contribution is 6.31. The second-order valence-corrected chi connectivity index (χ2v) is 5.82. The minimum Gasteiger partial charge on any atom is -0.482 e. The summed E-state index contributed by atoms with van der Waals surface area (Å²) in [6, 6.07) is 11.2. The standard InChI is InChI=1S/C18H18ClFN2O3/c1-12(23)21-16-8-3-4-9-17(16)25-11-18(24)22(2)10-13-14(19)6-5-7-15(13)20/h3-9H,10-11H2,1-2H3,(H,21,23). The van der Waals surface area contributed by atoms with Crippen LogP contribution in [-0.2, 0) is 16.1 Å². The van der Waals surface area contributed by atoms with Crippen molar-refractivity contribution in [3.05, 3.63) is 58.9 Å². The van der Waals surface area contributed by atoms with E-state index in [-0.39, 0.29) is 35.6 Å². The molecule has 2 aromatic carbocycles. The monoisotopic (exact) mass is 364 g/mol. The Morgan fingerprint density at radius 1 is 1.20 bits per heavy atom. The number of hydrogen-bond donors (Lipinski definition) is 1. The Morgan fingerprint density at radius 2 is 1.92 bits per heavy atom. The van der Waals surface area contributed by atoms with E-state index in [2.05, 4.69) is 5.32 Å². The third-order valence-electron chi connectivity index (χ3n) is 3.43. The number of halogens is 2. The lowest BCUT2D eigenvalue weighted by molar-refractivity contribution is -0.132. The maximum absolute atomic E-state index is 13.8. The molecule has 0 unspecified atom stereocenters. The van der Waals surface area contributed by atoms with Crippen LogP contribution in [0.2, 0.25) is 5.02 Å². The number of nitrogens with zero attached hydrogens (tertiary/aromatic N) is 1. The zero-order valence-corrected chi connectivity index (χ0v) is 14.6. The lowest BCUT2D eigenvalue weighted by atomic mass is 10.2. The van der Waals surface area contributed by atoms with Gasteiger partial charge in [0.2, 0.25) is 5.91 Å². The molecule has 0 saturated heterocycles. The van der Waals surface area contributed by atoms with Crippen LogP contribution in [0.3, 0.4) is 0 Å². The Bertz CT molecular complexity index is 762. The maximum atomic E-state index is 13.8. The number of nitrogens with one attached hydrogen (secondary N) is 1. The number of likely N-dealkylation sites (N-methyl/N-ethyl adjacent to an activating group) is 1. The zero-order valence-electron chi connectivity index (χ0n) is 13.9.